The number of carbonyl (C=O) groups is 1. The quantitative estimate of drug-likeness (QED) is 0.568. The van der Waals surface area contributed by atoms with Crippen molar-refractivity contribution in [3.8, 4) is 0 Å². The number of nitrogens with zero attached hydrogens (tertiary/aromatic N) is 2. The van der Waals surface area contributed by atoms with Gasteiger partial charge in [-0.3, -0.25) is 14.6 Å². The highest BCUT2D eigenvalue weighted by Crippen LogP contribution is 2.00. The summed E-state index contributed by atoms with van der Waals surface area (Å²) in [6.45, 7) is 7.30. The molecule has 106 valence electrons. The minimum atomic E-state index is 0.0809. The number of ether oxygens (including phenoxy) is 2. The fraction of sp³-hybridized carbons (Fsp3) is 0.917. The molecule has 0 aromatic carbocycles. The Hall–Kier alpha value is -0.690. The third-order valence-electron chi connectivity index (χ3n) is 3.07. The molecular weight excluding hydrogens is 234 g/mol. The van der Waals surface area contributed by atoms with E-state index in [1.165, 1.54) is 0 Å². The lowest BCUT2D eigenvalue weighted by molar-refractivity contribution is -0.122. The van der Waals surface area contributed by atoms with Crippen LogP contribution in [0.5, 0.6) is 0 Å². The summed E-state index contributed by atoms with van der Waals surface area (Å²) in [4.78, 5) is 16.1. The van der Waals surface area contributed by atoms with E-state index in [4.69, 9.17) is 9.47 Å². The van der Waals surface area contributed by atoms with Crippen molar-refractivity contribution >= 4 is 5.91 Å². The molecule has 1 aliphatic heterocycles. The molecule has 1 heterocycles. The first kappa shape index (κ1) is 15.4. The first-order chi connectivity index (χ1) is 8.76. The van der Waals surface area contributed by atoms with Crippen LogP contribution in [0.15, 0.2) is 0 Å². The average Bonchev–Trinajstić information content (AvgIpc) is 2.38. The number of hydrogen-bond donors (Lipinski definition) is 1. The smallest absolute Gasteiger partial charge is 0.234 e. The molecule has 1 fully saturated rings. The zero-order valence-electron chi connectivity index (χ0n) is 11.5. The number of rotatable bonds is 8. The lowest BCUT2D eigenvalue weighted by atomic mass is 10.3. The van der Waals surface area contributed by atoms with Gasteiger partial charge in [0.2, 0.25) is 5.91 Å². The van der Waals surface area contributed by atoms with E-state index in [1.54, 1.807) is 14.2 Å². The highest BCUT2D eigenvalue weighted by Gasteiger charge is 2.18. The minimum absolute atomic E-state index is 0.0809. The second-order valence-electron chi connectivity index (χ2n) is 4.45. The number of nitrogens with one attached hydrogen (secondary N) is 1. The van der Waals surface area contributed by atoms with Crippen LogP contribution in [0.2, 0.25) is 0 Å². The van der Waals surface area contributed by atoms with Gasteiger partial charge in [-0.25, -0.2) is 0 Å². The highest BCUT2D eigenvalue weighted by atomic mass is 16.5. The molecule has 0 saturated carbocycles. The van der Waals surface area contributed by atoms with Crippen LogP contribution in [0.4, 0.5) is 0 Å². The van der Waals surface area contributed by atoms with Crippen LogP contribution < -0.4 is 5.32 Å². The predicted octanol–water partition coefficient (Wildman–Crippen LogP) is -0.987. The summed E-state index contributed by atoms with van der Waals surface area (Å²) in [6, 6.07) is 0. The molecule has 0 spiro atoms. The van der Waals surface area contributed by atoms with Crippen LogP contribution in [-0.4, -0.2) is 89.0 Å². The van der Waals surface area contributed by atoms with Gasteiger partial charge in [-0.2, -0.15) is 0 Å². The van der Waals surface area contributed by atoms with Crippen LogP contribution >= 0.6 is 0 Å². The molecule has 0 atom stereocenters. The summed E-state index contributed by atoms with van der Waals surface area (Å²) in [5.74, 6) is 0.0809. The molecule has 0 aromatic rings. The number of hydrogen-bond acceptors (Lipinski definition) is 5. The van der Waals surface area contributed by atoms with E-state index >= 15 is 0 Å². The van der Waals surface area contributed by atoms with E-state index in [0.29, 0.717) is 19.7 Å². The van der Waals surface area contributed by atoms with Crippen molar-refractivity contribution in [1.82, 2.24) is 15.1 Å². The van der Waals surface area contributed by atoms with Crippen molar-refractivity contribution < 1.29 is 14.3 Å². The van der Waals surface area contributed by atoms with E-state index in [-0.39, 0.29) is 5.91 Å². The Morgan fingerprint density at radius 3 is 2.28 bits per heavy atom. The molecule has 0 aromatic heterocycles. The highest BCUT2D eigenvalue weighted by molar-refractivity contribution is 5.77. The summed E-state index contributed by atoms with van der Waals surface area (Å²) >= 11 is 0. The number of piperazine rings is 1. The number of carbonyl (C=O) groups excluding carboxylic acids is 1. The van der Waals surface area contributed by atoms with Gasteiger partial charge in [0.05, 0.1) is 19.8 Å². The van der Waals surface area contributed by atoms with E-state index in [2.05, 4.69) is 15.1 Å². The van der Waals surface area contributed by atoms with Crippen molar-refractivity contribution in [3.63, 3.8) is 0 Å². The average molecular weight is 259 g/mol. The van der Waals surface area contributed by atoms with Crippen LogP contribution in [0, 0.1) is 0 Å². The lowest BCUT2D eigenvalue weighted by Gasteiger charge is -2.34. The summed E-state index contributed by atoms with van der Waals surface area (Å²) in [7, 11) is 3.35. The predicted molar refractivity (Wildman–Crippen MR) is 69.6 cm³/mol. The third-order valence-corrected chi connectivity index (χ3v) is 3.07. The van der Waals surface area contributed by atoms with E-state index in [0.717, 1.165) is 39.3 Å². The Bertz CT molecular complexity index is 231. The fourth-order valence-electron chi connectivity index (χ4n) is 1.94. The molecule has 6 nitrogen and oxygen atoms in total. The van der Waals surface area contributed by atoms with Crippen LogP contribution in [0.25, 0.3) is 0 Å². The van der Waals surface area contributed by atoms with Crippen molar-refractivity contribution in [2.45, 2.75) is 0 Å². The summed E-state index contributed by atoms with van der Waals surface area (Å²) < 4.78 is 9.95. The SMILES string of the molecule is COCCNC(=O)CN1CCN(CCOC)CC1. The molecule has 1 amide bonds. The van der Waals surface area contributed by atoms with Gasteiger partial charge in [0, 0.05) is 53.5 Å². The lowest BCUT2D eigenvalue weighted by Crippen LogP contribution is -2.50. The van der Waals surface area contributed by atoms with Gasteiger partial charge < -0.3 is 14.8 Å². The number of methoxy groups -OCH3 is 2. The van der Waals surface area contributed by atoms with Gasteiger partial charge in [0.1, 0.15) is 0 Å². The molecule has 1 saturated heterocycles. The van der Waals surface area contributed by atoms with E-state index in [1.807, 2.05) is 0 Å². The Morgan fingerprint density at radius 2 is 1.67 bits per heavy atom. The molecule has 0 unspecified atom stereocenters. The Labute approximate surface area is 109 Å². The van der Waals surface area contributed by atoms with Crippen molar-refractivity contribution in [2.75, 3.05) is 73.2 Å². The van der Waals surface area contributed by atoms with Crippen LogP contribution in [-0.2, 0) is 14.3 Å². The molecule has 0 aliphatic carbocycles. The molecule has 0 bridgehead atoms. The largest absolute Gasteiger partial charge is 0.383 e. The van der Waals surface area contributed by atoms with Crippen molar-refractivity contribution in [1.29, 1.82) is 0 Å². The first-order valence-corrected chi connectivity index (χ1v) is 6.45. The first-order valence-electron chi connectivity index (χ1n) is 6.45. The third kappa shape index (κ3) is 6.30. The Morgan fingerprint density at radius 1 is 1.06 bits per heavy atom. The van der Waals surface area contributed by atoms with E-state index in [9.17, 15) is 4.79 Å². The van der Waals surface area contributed by atoms with E-state index < -0.39 is 0 Å². The maximum Gasteiger partial charge on any atom is 0.234 e. The molecular formula is C12H25N3O3. The molecule has 1 N–H and O–H groups in total. The second kappa shape index (κ2) is 9.27. The number of amides is 1. The zero-order chi connectivity index (χ0) is 13.2. The molecule has 1 aliphatic rings. The standard InChI is InChI=1S/C12H25N3O3/c1-17-9-3-13-12(16)11-15-6-4-14(5-7-15)8-10-18-2/h3-11H2,1-2H3,(H,13,16). The molecule has 6 heteroatoms. The van der Waals surface area contributed by atoms with Gasteiger partial charge in [-0.15, -0.1) is 0 Å². The monoisotopic (exact) mass is 259 g/mol. The summed E-state index contributed by atoms with van der Waals surface area (Å²) in [6.07, 6.45) is 0. The maximum atomic E-state index is 11.6. The van der Waals surface area contributed by atoms with Gasteiger partial charge in [-0.05, 0) is 0 Å². The minimum Gasteiger partial charge on any atom is -0.383 e. The fourth-order valence-corrected chi connectivity index (χ4v) is 1.94. The van der Waals surface area contributed by atoms with Crippen molar-refractivity contribution in [3.05, 3.63) is 0 Å². The maximum absolute atomic E-state index is 11.6. The van der Waals surface area contributed by atoms with Gasteiger partial charge in [-0.1, -0.05) is 0 Å². The Balaban J connectivity index is 2.09. The summed E-state index contributed by atoms with van der Waals surface area (Å²) in [5, 5.41) is 2.84. The normalized spacial score (nSPS) is 17.9. The van der Waals surface area contributed by atoms with Crippen molar-refractivity contribution in [2.24, 2.45) is 0 Å². The molecule has 1 rings (SSSR count). The van der Waals surface area contributed by atoms with Gasteiger partial charge >= 0.3 is 0 Å². The molecule has 0 radical (unpaired) electrons. The van der Waals surface area contributed by atoms with Gasteiger partial charge in [0.25, 0.3) is 0 Å². The van der Waals surface area contributed by atoms with Crippen LogP contribution in [0.3, 0.4) is 0 Å². The van der Waals surface area contributed by atoms with Gasteiger partial charge in [0.15, 0.2) is 0 Å². The summed E-state index contributed by atoms with van der Waals surface area (Å²) in [5.41, 5.74) is 0. The molecule has 18 heavy (non-hydrogen) atoms. The zero-order valence-corrected chi connectivity index (χ0v) is 11.5. The Kier molecular flexibility index (Phi) is 7.91. The van der Waals surface area contributed by atoms with Crippen LogP contribution in [0.1, 0.15) is 0 Å². The topological polar surface area (TPSA) is 54.0 Å². The second-order valence-corrected chi connectivity index (χ2v) is 4.45.